The van der Waals surface area contributed by atoms with Gasteiger partial charge < -0.3 is 15.5 Å². The third kappa shape index (κ3) is 15.8. The quantitative estimate of drug-likeness (QED) is 0.747. The van der Waals surface area contributed by atoms with Gasteiger partial charge in [0.05, 0.1) is 0 Å². The Morgan fingerprint density at radius 1 is 1.00 bits per heavy atom. The first-order valence-electron chi connectivity index (χ1n) is 7.96. The van der Waals surface area contributed by atoms with Gasteiger partial charge in [0, 0.05) is 18.6 Å². The lowest BCUT2D eigenvalue weighted by atomic mass is 10.0. The maximum Gasteiger partial charge on any atom is 0.0214 e. The summed E-state index contributed by atoms with van der Waals surface area (Å²) in [6, 6.07) is 1.30. The van der Waals surface area contributed by atoms with Crippen LogP contribution in [-0.4, -0.2) is 51.2 Å². The van der Waals surface area contributed by atoms with Crippen LogP contribution in [-0.2, 0) is 0 Å². The van der Waals surface area contributed by atoms with Crippen LogP contribution in [0.2, 0.25) is 0 Å². The van der Waals surface area contributed by atoms with E-state index in [4.69, 9.17) is 0 Å². The lowest BCUT2D eigenvalue weighted by Crippen LogP contribution is -2.44. The van der Waals surface area contributed by atoms with Gasteiger partial charge in [-0.3, -0.25) is 0 Å². The fraction of sp³-hybridized carbons (Fsp3) is 1.00. The Labute approximate surface area is 123 Å². The maximum atomic E-state index is 3.37. The van der Waals surface area contributed by atoms with Gasteiger partial charge in [0.1, 0.15) is 0 Å². The van der Waals surface area contributed by atoms with Crippen LogP contribution >= 0.6 is 0 Å². The second kappa shape index (κ2) is 17.9. The van der Waals surface area contributed by atoms with E-state index in [1.807, 2.05) is 20.9 Å². The molecule has 0 aliphatic heterocycles. The zero-order valence-corrected chi connectivity index (χ0v) is 15.3. The average Bonchev–Trinajstić information content (AvgIpc) is 2.45. The van der Waals surface area contributed by atoms with E-state index in [9.17, 15) is 0 Å². The van der Waals surface area contributed by atoms with Crippen LogP contribution in [0, 0.1) is 5.92 Å². The highest BCUT2D eigenvalue weighted by molar-refractivity contribution is 4.74. The summed E-state index contributed by atoms with van der Waals surface area (Å²) in [6.07, 6.45) is 1.23. The van der Waals surface area contributed by atoms with Gasteiger partial charge in [-0.1, -0.05) is 41.5 Å². The van der Waals surface area contributed by atoms with Gasteiger partial charge in [0.2, 0.25) is 0 Å². The van der Waals surface area contributed by atoms with Crippen molar-refractivity contribution in [3.63, 3.8) is 0 Å². The lowest BCUT2D eigenvalue weighted by Gasteiger charge is -2.30. The monoisotopic (exact) mass is 275 g/mol. The van der Waals surface area contributed by atoms with Gasteiger partial charge in [-0.25, -0.2) is 0 Å². The molecule has 0 heterocycles. The minimum Gasteiger partial charge on any atom is -0.320 e. The van der Waals surface area contributed by atoms with E-state index < -0.39 is 0 Å². The fourth-order valence-electron chi connectivity index (χ4n) is 1.44. The van der Waals surface area contributed by atoms with Crippen molar-refractivity contribution in [2.45, 2.75) is 67.0 Å². The summed E-state index contributed by atoms with van der Waals surface area (Å²) >= 11 is 0. The molecule has 2 unspecified atom stereocenters. The number of nitrogens with zero attached hydrogens (tertiary/aromatic N) is 1. The number of rotatable bonds is 7. The Balaban J connectivity index is -0.000000361. The normalized spacial score (nSPS) is 13.3. The minimum absolute atomic E-state index is 0.610. The van der Waals surface area contributed by atoms with Crippen LogP contribution < -0.4 is 10.6 Å². The Bertz CT molecular complexity index is 147. The molecular weight excluding hydrogens is 234 g/mol. The smallest absolute Gasteiger partial charge is 0.0214 e. The van der Waals surface area contributed by atoms with E-state index in [0.29, 0.717) is 18.0 Å². The van der Waals surface area contributed by atoms with Crippen molar-refractivity contribution in [1.82, 2.24) is 15.5 Å². The average molecular weight is 276 g/mol. The van der Waals surface area contributed by atoms with E-state index in [-0.39, 0.29) is 0 Å². The summed E-state index contributed by atoms with van der Waals surface area (Å²) in [5.74, 6) is 0.705. The molecule has 3 heteroatoms. The lowest BCUT2D eigenvalue weighted by molar-refractivity contribution is 0.207. The van der Waals surface area contributed by atoms with Crippen LogP contribution in [0.25, 0.3) is 0 Å². The van der Waals surface area contributed by atoms with Gasteiger partial charge >= 0.3 is 0 Å². The molecular formula is C16H41N3. The first-order chi connectivity index (χ1) is 8.94. The van der Waals surface area contributed by atoms with Crippen molar-refractivity contribution >= 4 is 0 Å². The molecule has 0 spiro atoms. The van der Waals surface area contributed by atoms with Crippen LogP contribution in [0.15, 0.2) is 0 Å². The summed E-state index contributed by atoms with van der Waals surface area (Å²) in [4.78, 5) is 2.43. The van der Waals surface area contributed by atoms with Crippen molar-refractivity contribution in [2.75, 3.05) is 34.2 Å². The molecule has 3 nitrogen and oxygen atoms in total. The third-order valence-corrected chi connectivity index (χ3v) is 3.36. The molecule has 0 aliphatic carbocycles. The third-order valence-electron chi connectivity index (χ3n) is 3.36. The molecule has 0 saturated carbocycles. The van der Waals surface area contributed by atoms with Gasteiger partial charge in [-0.15, -0.1) is 0 Å². The standard InChI is InChI=1S/C11H26N2.C3H9N.C2H6/c1-7-10(4)13(6)8-11(12-5)9(2)3;1-3-4-2;1-2/h9-12H,7-8H2,1-6H3;4H,3H2,1-2H3;1-2H3. The predicted octanol–water partition coefficient (Wildman–Crippen LogP) is 3.21. The molecule has 0 saturated heterocycles. The highest BCUT2D eigenvalue weighted by Crippen LogP contribution is 2.06. The van der Waals surface area contributed by atoms with E-state index in [0.717, 1.165) is 13.1 Å². The molecule has 2 atom stereocenters. The molecule has 0 fully saturated rings. The summed E-state index contributed by atoms with van der Waals surface area (Å²) in [5.41, 5.74) is 0. The topological polar surface area (TPSA) is 27.3 Å². The Morgan fingerprint density at radius 2 is 1.42 bits per heavy atom. The molecule has 19 heavy (non-hydrogen) atoms. The van der Waals surface area contributed by atoms with E-state index in [1.54, 1.807) is 0 Å². The number of nitrogens with one attached hydrogen (secondary N) is 2. The SMILES string of the molecule is CC.CCC(C)N(C)CC(NC)C(C)C.CCNC. The maximum absolute atomic E-state index is 3.37. The van der Waals surface area contributed by atoms with Crippen LogP contribution in [0.3, 0.4) is 0 Å². The number of hydrogen-bond acceptors (Lipinski definition) is 3. The second-order valence-electron chi connectivity index (χ2n) is 5.04. The van der Waals surface area contributed by atoms with E-state index in [1.165, 1.54) is 6.42 Å². The molecule has 120 valence electrons. The van der Waals surface area contributed by atoms with Crippen LogP contribution in [0.4, 0.5) is 0 Å². The van der Waals surface area contributed by atoms with Crippen molar-refractivity contribution in [1.29, 1.82) is 0 Å². The van der Waals surface area contributed by atoms with Crippen LogP contribution in [0.1, 0.15) is 54.9 Å². The Hall–Kier alpha value is -0.120. The Kier molecular flexibility index (Phi) is 22.5. The zero-order valence-electron chi connectivity index (χ0n) is 15.3. The first-order valence-corrected chi connectivity index (χ1v) is 7.96. The summed E-state index contributed by atoms with van der Waals surface area (Å²) in [6.45, 7) is 17.3. The van der Waals surface area contributed by atoms with Crippen molar-refractivity contribution in [3.05, 3.63) is 0 Å². The van der Waals surface area contributed by atoms with Crippen molar-refractivity contribution in [3.8, 4) is 0 Å². The number of likely N-dealkylation sites (N-methyl/N-ethyl adjacent to an activating group) is 2. The highest BCUT2D eigenvalue weighted by atomic mass is 15.1. The molecule has 2 N–H and O–H groups in total. The van der Waals surface area contributed by atoms with Gasteiger partial charge in [0.25, 0.3) is 0 Å². The largest absolute Gasteiger partial charge is 0.320 e. The molecule has 0 rings (SSSR count). The van der Waals surface area contributed by atoms with Gasteiger partial charge in [0.15, 0.2) is 0 Å². The first kappa shape index (κ1) is 23.9. The molecule has 0 amide bonds. The van der Waals surface area contributed by atoms with E-state index in [2.05, 4.69) is 64.2 Å². The number of hydrogen-bond donors (Lipinski definition) is 2. The Morgan fingerprint density at radius 3 is 1.63 bits per heavy atom. The molecule has 0 aromatic rings. The molecule has 0 radical (unpaired) electrons. The van der Waals surface area contributed by atoms with Crippen LogP contribution in [0.5, 0.6) is 0 Å². The van der Waals surface area contributed by atoms with Gasteiger partial charge in [-0.05, 0) is 47.0 Å². The molecule has 0 aliphatic rings. The molecule has 0 aromatic heterocycles. The minimum atomic E-state index is 0.610. The highest BCUT2D eigenvalue weighted by Gasteiger charge is 2.15. The van der Waals surface area contributed by atoms with Crippen molar-refractivity contribution in [2.24, 2.45) is 5.92 Å². The summed E-state index contributed by atoms with van der Waals surface area (Å²) in [7, 11) is 6.19. The molecule has 0 bridgehead atoms. The fourth-order valence-corrected chi connectivity index (χ4v) is 1.44. The summed E-state index contributed by atoms with van der Waals surface area (Å²) in [5, 5.41) is 6.30. The zero-order chi connectivity index (χ0) is 15.8. The summed E-state index contributed by atoms with van der Waals surface area (Å²) < 4.78 is 0. The predicted molar refractivity (Wildman–Crippen MR) is 91.0 cm³/mol. The van der Waals surface area contributed by atoms with Gasteiger partial charge in [-0.2, -0.15) is 0 Å². The van der Waals surface area contributed by atoms with Crippen molar-refractivity contribution < 1.29 is 0 Å². The second-order valence-corrected chi connectivity index (χ2v) is 5.04. The molecule has 0 aromatic carbocycles. The van der Waals surface area contributed by atoms with E-state index >= 15 is 0 Å².